The summed E-state index contributed by atoms with van der Waals surface area (Å²) in [4.78, 5) is 3.97. The summed E-state index contributed by atoms with van der Waals surface area (Å²) >= 11 is 0. The lowest BCUT2D eigenvalue weighted by Gasteiger charge is -2.26. The Morgan fingerprint density at radius 2 is 2.38 bits per heavy atom. The third kappa shape index (κ3) is 2.04. The maximum atomic E-state index is 13.1. The Hall–Kier alpha value is -0.960. The van der Waals surface area contributed by atoms with E-state index in [-0.39, 0.29) is 5.82 Å². The van der Waals surface area contributed by atoms with E-state index >= 15 is 0 Å². The summed E-state index contributed by atoms with van der Waals surface area (Å²) in [5, 5.41) is 3.27. The fourth-order valence-electron chi connectivity index (χ4n) is 1.40. The van der Waals surface area contributed by atoms with Gasteiger partial charge in [-0.1, -0.05) is 6.42 Å². The van der Waals surface area contributed by atoms with Crippen molar-refractivity contribution in [1.82, 2.24) is 10.3 Å². The van der Waals surface area contributed by atoms with Crippen LogP contribution in [0.4, 0.5) is 4.39 Å². The summed E-state index contributed by atoms with van der Waals surface area (Å²) in [6.07, 6.45) is 5.35. The molecule has 0 aromatic carbocycles. The number of hydrogen-bond donors (Lipinski definition) is 1. The van der Waals surface area contributed by atoms with Crippen molar-refractivity contribution >= 4 is 0 Å². The minimum atomic E-state index is -0.214. The summed E-state index contributed by atoms with van der Waals surface area (Å²) in [5.74, 6) is -0.214. The van der Waals surface area contributed by atoms with Gasteiger partial charge in [0.1, 0.15) is 5.82 Å². The molecule has 0 unspecified atom stereocenters. The zero-order valence-corrected chi connectivity index (χ0v) is 7.46. The van der Waals surface area contributed by atoms with Crippen molar-refractivity contribution in [2.24, 2.45) is 0 Å². The highest BCUT2D eigenvalue weighted by Crippen LogP contribution is 2.18. The molecule has 0 radical (unpaired) electrons. The Morgan fingerprint density at radius 3 is 3.00 bits per heavy atom. The number of aromatic nitrogens is 1. The molecule has 1 aromatic heterocycles. The van der Waals surface area contributed by atoms with Gasteiger partial charge in [0.2, 0.25) is 0 Å². The van der Waals surface area contributed by atoms with Gasteiger partial charge in [0, 0.05) is 18.8 Å². The van der Waals surface area contributed by atoms with Crippen molar-refractivity contribution in [3.8, 4) is 0 Å². The maximum absolute atomic E-state index is 13.1. The van der Waals surface area contributed by atoms with Crippen molar-refractivity contribution in [1.29, 1.82) is 0 Å². The second-order valence-corrected chi connectivity index (χ2v) is 3.44. The fraction of sp³-hybridized carbons (Fsp3) is 0.500. The molecule has 3 heteroatoms. The molecule has 0 bridgehead atoms. The van der Waals surface area contributed by atoms with Crippen LogP contribution in [0.1, 0.15) is 25.0 Å². The van der Waals surface area contributed by atoms with Crippen LogP contribution in [0, 0.1) is 5.82 Å². The molecule has 70 valence electrons. The van der Waals surface area contributed by atoms with E-state index in [9.17, 15) is 4.39 Å². The Kier molecular flexibility index (Phi) is 2.54. The first kappa shape index (κ1) is 8.63. The van der Waals surface area contributed by atoms with Crippen LogP contribution >= 0.6 is 0 Å². The molecule has 2 nitrogen and oxygen atoms in total. The number of halogens is 1. The molecule has 0 spiro atoms. The first-order valence-electron chi connectivity index (χ1n) is 4.69. The average molecular weight is 180 g/mol. The summed E-state index contributed by atoms with van der Waals surface area (Å²) in [7, 11) is 0. The number of nitrogens with one attached hydrogen (secondary N) is 1. The highest BCUT2D eigenvalue weighted by atomic mass is 19.1. The number of hydrogen-bond acceptors (Lipinski definition) is 2. The highest BCUT2D eigenvalue weighted by molar-refractivity contribution is 5.06. The van der Waals surface area contributed by atoms with E-state index in [4.69, 9.17) is 0 Å². The molecule has 2 rings (SSSR count). The van der Waals surface area contributed by atoms with Gasteiger partial charge >= 0.3 is 0 Å². The van der Waals surface area contributed by atoms with Crippen LogP contribution in [-0.4, -0.2) is 11.0 Å². The van der Waals surface area contributed by atoms with Crippen LogP contribution in [-0.2, 0) is 6.54 Å². The van der Waals surface area contributed by atoms with E-state index < -0.39 is 0 Å². The zero-order valence-electron chi connectivity index (χ0n) is 7.46. The van der Waals surface area contributed by atoms with E-state index in [0.29, 0.717) is 18.3 Å². The topological polar surface area (TPSA) is 24.9 Å². The number of rotatable bonds is 3. The van der Waals surface area contributed by atoms with Crippen molar-refractivity contribution < 1.29 is 4.39 Å². The number of pyridine rings is 1. The average Bonchev–Trinajstić information content (AvgIpc) is 2.05. The van der Waals surface area contributed by atoms with Gasteiger partial charge in [-0.2, -0.15) is 0 Å². The van der Waals surface area contributed by atoms with Gasteiger partial charge in [0.15, 0.2) is 0 Å². The lowest BCUT2D eigenvalue weighted by atomic mass is 9.93. The first-order valence-corrected chi connectivity index (χ1v) is 4.69. The minimum absolute atomic E-state index is 0.214. The van der Waals surface area contributed by atoms with Crippen LogP contribution in [0.15, 0.2) is 18.3 Å². The summed E-state index contributed by atoms with van der Waals surface area (Å²) in [5.41, 5.74) is 0.523. The van der Waals surface area contributed by atoms with Crippen molar-refractivity contribution in [3.05, 3.63) is 29.8 Å². The molecular weight excluding hydrogens is 167 g/mol. The molecule has 0 atom stereocenters. The van der Waals surface area contributed by atoms with Crippen molar-refractivity contribution in [2.45, 2.75) is 31.8 Å². The lowest BCUT2D eigenvalue weighted by Crippen LogP contribution is -2.34. The van der Waals surface area contributed by atoms with Crippen LogP contribution in [0.5, 0.6) is 0 Å². The minimum Gasteiger partial charge on any atom is -0.308 e. The Balaban J connectivity index is 1.89. The van der Waals surface area contributed by atoms with Gasteiger partial charge < -0.3 is 5.32 Å². The molecule has 13 heavy (non-hydrogen) atoms. The molecule has 1 N–H and O–H groups in total. The normalized spacial score (nSPS) is 17.0. The molecule has 0 aliphatic heterocycles. The predicted molar refractivity (Wildman–Crippen MR) is 48.7 cm³/mol. The molecule has 1 aromatic rings. The van der Waals surface area contributed by atoms with Gasteiger partial charge in [-0.25, -0.2) is 4.39 Å². The predicted octanol–water partition coefficient (Wildman–Crippen LogP) is 1.86. The fourth-order valence-corrected chi connectivity index (χ4v) is 1.40. The van der Waals surface area contributed by atoms with E-state index in [2.05, 4.69) is 10.3 Å². The maximum Gasteiger partial charge on any atom is 0.146 e. The highest BCUT2D eigenvalue weighted by Gasteiger charge is 2.16. The van der Waals surface area contributed by atoms with E-state index in [1.165, 1.54) is 25.3 Å². The molecule has 1 heterocycles. The van der Waals surface area contributed by atoms with E-state index in [1.807, 2.05) is 0 Å². The number of nitrogens with zero attached hydrogens (tertiary/aromatic N) is 1. The van der Waals surface area contributed by atoms with Crippen molar-refractivity contribution in [3.63, 3.8) is 0 Å². The lowest BCUT2D eigenvalue weighted by molar-refractivity contribution is 0.334. The molecule has 1 saturated carbocycles. The van der Waals surface area contributed by atoms with Gasteiger partial charge in [-0.15, -0.1) is 0 Å². The Bertz CT molecular complexity index is 284. The summed E-state index contributed by atoms with van der Waals surface area (Å²) in [6.45, 7) is 0.553. The second kappa shape index (κ2) is 3.83. The van der Waals surface area contributed by atoms with Crippen LogP contribution in [0.3, 0.4) is 0 Å². The van der Waals surface area contributed by atoms with Gasteiger partial charge in [0.25, 0.3) is 0 Å². The quantitative estimate of drug-likeness (QED) is 0.768. The molecule has 0 amide bonds. The third-order valence-electron chi connectivity index (χ3n) is 2.50. The zero-order chi connectivity index (χ0) is 9.10. The largest absolute Gasteiger partial charge is 0.308 e. The monoisotopic (exact) mass is 180 g/mol. The van der Waals surface area contributed by atoms with Gasteiger partial charge in [-0.3, -0.25) is 4.98 Å². The standard InChI is InChI=1S/C10H13FN2/c11-9-5-2-6-12-10(9)7-13-8-3-1-4-8/h2,5-6,8,13H,1,3-4,7H2. The van der Waals surface area contributed by atoms with Crippen molar-refractivity contribution in [2.75, 3.05) is 0 Å². The van der Waals surface area contributed by atoms with Crippen LogP contribution in [0.25, 0.3) is 0 Å². The van der Waals surface area contributed by atoms with Gasteiger partial charge in [-0.05, 0) is 25.0 Å². The summed E-state index contributed by atoms with van der Waals surface area (Å²) < 4.78 is 13.1. The molecule has 1 aliphatic carbocycles. The van der Waals surface area contributed by atoms with Gasteiger partial charge in [0.05, 0.1) is 5.69 Å². The second-order valence-electron chi connectivity index (χ2n) is 3.44. The molecule has 1 aliphatic rings. The van der Waals surface area contributed by atoms with Crippen LogP contribution in [0.2, 0.25) is 0 Å². The smallest absolute Gasteiger partial charge is 0.146 e. The first-order chi connectivity index (χ1) is 6.36. The van der Waals surface area contributed by atoms with E-state index in [0.717, 1.165) is 0 Å². The Morgan fingerprint density at radius 1 is 1.54 bits per heavy atom. The van der Waals surface area contributed by atoms with E-state index in [1.54, 1.807) is 12.3 Å². The molecule has 0 saturated heterocycles. The Labute approximate surface area is 77.2 Å². The molecular formula is C10H13FN2. The van der Waals surface area contributed by atoms with Crippen LogP contribution < -0.4 is 5.32 Å². The SMILES string of the molecule is Fc1cccnc1CNC1CCC1. The summed E-state index contributed by atoms with van der Waals surface area (Å²) in [6, 6.07) is 3.65. The molecule has 1 fully saturated rings. The third-order valence-corrected chi connectivity index (χ3v) is 2.50.